The van der Waals surface area contributed by atoms with Crippen LogP contribution in [0.3, 0.4) is 0 Å². The lowest BCUT2D eigenvalue weighted by Crippen LogP contribution is -2.00. The molecule has 0 saturated heterocycles. The van der Waals surface area contributed by atoms with Gasteiger partial charge in [0.2, 0.25) is 5.88 Å². The summed E-state index contributed by atoms with van der Waals surface area (Å²) in [7, 11) is 0. The van der Waals surface area contributed by atoms with Gasteiger partial charge in [0.25, 0.3) is 0 Å². The van der Waals surface area contributed by atoms with E-state index in [4.69, 9.17) is 14.6 Å². The highest BCUT2D eigenvalue weighted by Gasteiger charge is 2.08. The van der Waals surface area contributed by atoms with Crippen molar-refractivity contribution in [3.8, 4) is 17.4 Å². The Morgan fingerprint density at radius 2 is 1.86 bits per heavy atom. The minimum Gasteiger partial charge on any atom is -0.494 e. The standard InChI is InChI=1S/C16H17NO4/c1-3-8-20-13-4-6-14(7-5-13)21-15-10-12(16(18)19)9-11(2)17-15/h4-7,9-10H,3,8H2,1-2H3,(H,18,19). The molecule has 5 nitrogen and oxygen atoms in total. The van der Waals surface area contributed by atoms with Crippen LogP contribution in [0.4, 0.5) is 0 Å². The number of aromatic nitrogens is 1. The van der Waals surface area contributed by atoms with Crippen LogP contribution in [0, 0.1) is 6.92 Å². The number of carboxylic acid groups (broad SMARTS) is 1. The fourth-order valence-corrected chi connectivity index (χ4v) is 1.76. The molecule has 0 unspecified atom stereocenters. The maximum absolute atomic E-state index is 11.0. The van der Waals surface area contributed by atoms with Crippen molar-refractivity contribution in [3.05, 3.63) is 47.7 Å². The minimum atomic E-state index is -1.01. The largest absolute Gasteiger partial charge is 0.494 e. The van der Waals surface area contributed by atoms with Crippen LogP contribution in [-0.2, 0) is 0 Å². The molecule has 0 bridgehead atoms. The molecule has 1 heterocycles. The maximum Gasteiger partial charge on any atom is 0.335 e. The first kappa shape index (κ1) is 14.8. The van der Waals surface area contributed by atoms with E-state index in [0.29, 0.717) is 18.1 Å². The van der Waals surface area contributed by atoms with Gasteiger partial charge in [0.05, 0.1) is 12.2 Å². The second-order valence-electron chi connectivity index (χ2n) is 4.56. The number of rotatable bonds is 6. The zero-order valence-corrected chi connectivity index (χ0v) is 12.0. The van der Waals surface area contributed by atoms with Gasteiger partial charge in [0.1, 0.15) is 11.5 Å². The molecule has 0 radical (unpaired) electrons. The molecular formula is C16H17NO4. The summed E-state index contributed by atoms with van der Waals surface area (Å²) in [6, 6.07) is 10.0. The van der Waals surface area contributed by atoms with E-state index in [1.54, 1.807) is 31.2 Å². The second kappa shape index (κ2) is 6.74. The summed E-state index contributed by atoms with van der Waals surface area (Å²) in [4.78, 5) is 15.2. The van der Waals surface area contributed by atoms with Gasteiger partial charge in [-0.1, -0.05) is 6.92 Å². The Morgan fingerprint density at radius 3 is 2.48 bits per heavy atom. The molecule has 1 N–H and O–H groups in total. The summed E-state index contributed by atoms with van der Waals surface area (Å²) in [5.41, 5.74) is 0.744. The number of aromatic carboxylic acids is 1. The normalized spacial score (nSPS) is 10.2. The lowest BCUT2D eigenvalue weighted by atomic mass is 10.2. The highest BCUT2D eigenvalue weighted by atomic mass is 16.5. The molecule has 0 spiro atoms. The Bertz CT molecular complexity index is 623. The molecule has 0 aliphatic heterocycles. The summed E-state index contributed by atoms with van der Waals surface area (Å²) in [5, 5.41) is 9.02. The highest BCUT2D eigenvalue weighted by Crippen LogP contribution is 2.23. The van der Waals surface area contributed by atoms with Crippen LogP contribution in [0.2, 0.25) is 0 Å². The van der Waals surface area contributed by atoms with Crippen molar-refractivity contribution in [1.82, 2.24) is 4.98 Å². The van der Waals surface area contributed by atoms with Crippen molar-refractivity contribution in [3.63, 3.8) is 0 Å². The van der Waals surface area contributed by atoms with Crippen LogP contribution in [0.25, 0.3) is 0 Å². The molecule has 0 atom stereocenters. The lowest BCUT2D eigenvalue weighted by Gasteiger charge is -2.08. The van der Waals surface area contributed by atoms with Gasteiger partial charge in [0.15, 0.2) is 0 Å². The molecule has 0 aliphatic rings. The monoisotopic (exact) mass is 287 g/mol. The number of hydrogen-bond acceptors (Lipinski definition) is 4. The summed E-state index contributed by atoms with van der Waals surface area (Å²) >= 11 is 0. The lowest BCUT2D eigenvalue weighted by molar-refractivity contribution is 0.0696. The Hall–Kier alpha value is -2.56. The summed E-state index contributed by atoms with van der Waals surface area (Å²) in [6.07, 6.45) is 0.948. The summed E-state index contributed by atoms with van der Waals surface area (Å²) < 4.78 is 11.1. The van der Waals surface area contributed by atoms with E-state index in [2.05, 4.69) is 4.98 Å². The third-order valence-corrected chi connectivity index (χ3v) is 2.70. The van der Waals surface area contributed by atoms with Crippen LogP contribution >= 0.6 is 0 Å². The first-order valence-corrected chi connectivity index (χ1v) is 6.71. The quantitative estimate of drug-likeness (QED) is 0.877. The highest BCUT2D eigenvalue weighted by molar-refractivity contribution is 5.88. The third kappa shape index (κ3) is 4.21. The molecule has 21 heavy (non-hydrogen) atoms. The Kier molecular flexibility index (Phi) is 4.77. The van der Waals surface area contributed by atoms with Crippen LogP contribution in [0.15, 0.2) is 36.4 Å². The van der Waals surface area contributed by atoms with Gasteiger partial charge in [0, 0.05) is 11.8 Å². The van der Waals surface area contributed by atoms with E-state index in [9.17, 15) is 4.79 Å². The van der Waals surface area contributed by atoms with Gasteiger partial charge >= 0.3 is 5.97 Å². The van der Waals surface area contributed by atoms with E-state index in [1.807, 2.05) is 6.92 Å². The predicted octanol–water partition coefficient (Wildman–Crippen LogP) is 3.67. The number of ether oxygens (including phenoxy) is 2. The molecule has 0 fully saturated rings. The summed E-state index contributed by atoms with van der Waals surface area (Å²) in [6.45, 7) is 4.43. The van der Waals surface area contributed by atoms with E-state index >= 15 is 0 Å². The number of carbonyl (C=O) groups is 1. The van der Waals surface area contributed by atoms with E-state index < -0.39 is 5.97 Å². The average Bonchev–Trinajstić information content (AvgIpc) is 2.46. The van der Waals surface area contributed by atoms with Crippen molar-refractivity contribution in [2.75, 3.05) is 6.61 Å². The van der Waals surface area contributed by atoms with Crippen molar-refractivity contribution in [2.24, 2.45) is 0 Å². The predicted molar refractivity (Wildman–Crippen MR) is 78.2 cm³/mol. The molecule has 0 saturated carbocycles. The Morgan fingerprint density at radius 1 is 1.19 bits per heavy atom. The number of benzene rings is 1. The van der Waals surface area contributed by atoms with E-state index in [0.717, 1.165) is 12.2 Å². The molecular weight excluding hydrogens is 270 g/mol. The fraction of sp³-hybridized carbons (Fsp3) is 0.250. The van der Waals surface area contributed by atoms with Crippen LogP contribution < -0.4 is 9.47 Å². The SMILES string of the molecule is CCCOc1ccc(Oc2cc(C(=O)O)cc(C)n2)cc1. The minimum absolute atomic E-state index is 0.153. The second-order valence-corrected chi connectivity index (χ2v) is 4.56. The molecule has 5 heteroatoms. The van der Waals surface area contributed by atoms with Gasteiger partial charge in [-0.3, -0.25) is 0 Å². The molecule has 0 aliphatic carbocycles. The zero-order chi connectivity index (χ0) is 15.2. The topological polar surface area (TPSA) is 68.7 Å². The van der Waals surface area contributed by atoms with E-state index in [-0.39, 0.29) is 11.4 Å². The van der Waals surface area contributed by atoms with Gasteiger partial charge in [-0.2, -0.15) is 0 Å². The molecule has 0 amide bonds. The van der Waals surface area contributed by atoms with Gasteiger partial charge < -0.3 is 14.6 Å². The van der Waals surface area contributed by atoms with Crippen molar-refractivity contribution >= 4 is 5.97 Å². The number of carboxylic acids is 1. The van der Waals surface area contributed by atoms with Crippen molar-refractivity contribution < 1.29 is 19.4 Å². The van der Waals surface area contributed by atoms with Crippen molar-refractivity contribution in [2.45, 2.75) is 20.3 Å². The number of pyridine rings is 1. The fourth-order valence-electron chi connectivity index (χ4n) is 1.76. The smallest absolute Gasteiger partial charge is 0.335 e. The van der Waals surface area contributed by atoms with E-state index in [1.165, 1.54) is 12.1 Å². The number of nitrogens with zero attached hydrogens (tertiary/aromatic N) is 1. The number of aryl methyl sites for hydroxylation is 1. The van der Waals surface area contributed by atoms with Crippen LogP contribution in [-0.4, -0.2) is 22.7 Å². The third-order valence-electron chi connectivity index (χ3n) is 2.70. The van der Waals surface area contributed by atoms with Gasteiger partial charge in [-0.25, -0.2) is 9.78 Å². The van der Waals surface area contributed by atoms with Gasteiger partial charge in [-0.05, 0) is 43.7 Å². The molecule has 110 valence electrons. The first-order valence-electron chi connectivity index (χ1n) is 6.71. The van der Waals surface area contributed by atoms with Crippen molar-refractivity contribution in [1.29, 1.82) is 0 Å². The number of hydrogen-bond donors (Lipinski definition) is 1. The average molecular weight is 287 g/mol. The molecule has 2 aromatic rings. The first-order chi connectivity index (χ1) is 10.1. The molecule has 2 rings (SSSR count). The van der Waals surface area contributed by atoms with Crippen LogP contribution in [0.1, 0.15) is 29.4 Å². The summed E-state index contributed by atoms with van der Waals surface area (Å²) in [5.74, 6) is 0.601. The maximum atomic E-state index is 11.0. The molecule has 1 aromatic heterocycles. The molecule has 1 aromatic carbocycles. The van der Waals surface area contributed by atoms with Gasteiger partial charge in [-0.15, -0.1) is 0 Å². The zero-order valence-electron chi connectivity index (χ0n) is 12.0. The Labute approximate surface area is 123 Å². The van der Waals surface area contributed by atoms with Crippen LogP contribution in [0.5, 0.6) is 17.4 Å². The Balaban J connectivity index is 2.12.